The number of rotatable bonds is 4. The number of hydrogen-bond acceptors (Lipinski definition) is 5. The Labute approximate surface area is 105 Å². The van der Waals surface area contributed by atoms with E-state index in [-0.39, 0.29) is 11.6 Å². The molecule has 5 heteroatoms. The van der Waals surface area contributed by atoms with E-state index in [0.29, 0.717) is 12.3 Å². The van der Waals surface area contributed by atoms with Gasteiger partial charge in [0.1, 0.15) is 6.07 Å². The van der Waals surface area contributed by atoms with Crippen LogP contribution in [0, 0.1) is 11.3 Å². The third-order valence-corrected chi connectivity index (χ3v) is 2.26. The molecule has 0 atom stereocenters. The highest BCUT2D eigenvalue weighted by molar-refractivity contribution is 5.79. The second-order valence-electron chi connectivity index (χ2n) is 3.53. The summed E-state index contributed by atoms with van der Waals surface area (Å²) in [4.78, 5) is 4.01. The van der Waals surface area contributed by atoms with Crippen molar-refractivity contribution < 1.29 is 4.42 Å². The summed E-state index contributed by atoms with van der Waals surface area (Å²) in [5.41, 5.74) is 3.86. The molecule has 1 aromatic carbocycles. The molecule has 1 aromatic heterocycles. The maximum absolute atomic E-state index is 8.88. The van der Waals surface area contributed by atoms with Crippen LogP contribution < -0.4 is 5.43 Å². The van der Waals surface area contributed by atoms with Crippen LogP contribution in [0.2, 0.25) is 0 Å². The van der Waals surface area contributed by atoms with Gasteiger partial charge < -0.3 is 4.42 Å². The van der Waals surface area contributed by atoms with Gasteiger partial charge in [-0.25, -0.2) is 10.4 Å². The Morgan fingerprint density at radius 2 is 2.22 bits per heavy atom. The first-order valence-electron chi connectivity index (χ1n) is 5.57. The molecule has 90 valence electrons. The summed E-state index contributed by atoms with van der Waals surface area (Å²) in [5, 5.41) is 12.9. The van der Waals surface area contributed by atoms with Gasteiger partial charge in [-0.05, 0) is 5.56 Å². The summed E-state index contributed by atoms with van der Waals surface area (Å²) in [5.74, 6) is 0.797. The number of nitrogens with one attached hydrogen (secondary N) is 1. The van der Waals surface area contributed by atoms with E-state index in [9.17, 15) is 0 Å². The number of benzene rings is 1. The summed E-state index contributed by atoms with van der Waals surface area (Å²) in [6.45, 7) is 1.91. The Balaban J connectivity index is 2.09. The Morgan fingerprint density at radius 3 is 2.89 bits per heavy atom. The van der Waals surface area contributed by atoms with Crippen molar-refractivity contribution in [2.45, 2.75) is 13.3 Å². The number of hydrazone groups is 1. The highest BCUT2D eigenvalue weighted by atomic mass is 16.4. The van der Waals surface area contributed by atoms with E-state index in [1.807, 2.05) is 43.3 Å². The second kappa shape index (κ2) is 5.64. The summed E-state index contributed by atoms with van der Waals surface area (Å²) in [6.07, 6.45) is 2.29. The van der Waals surface area contributed by atoms with E-state index < -0.39 is 0 Å². The largest absolute Gasteiger partial charge is 0.422 e. The molecule has 0 spiro atoms. The average molecular weight is 240 g/mol. The summed E-state index contributed by atoms with van der Waals surface area (Å²) >= 11 is 0. The van der Waals surface area contributed by atoms with Crippen LogP contribution in [0.4, 0.5) is 5.88 Å². The maximum Gasteiger partial charge on any atom is 0.252 e. The van der Waals surface area contributed by atoms with Crippen molar-refractivity contribution in [3.05, 3.63) is 47.5 Å². The number of nitriles is 1. The Kier molecular flexibility index (Phi) is 3.72. The normalized spacial score (nSPS) is 10.4. The Bertz CT molecular complexity index is 581. The van der Waals surface area contributed by atoms with Crippen LogP contribution in [-0.2, 0) is 6.42 Å². The van der Waals surface area contributed by atoms with Gasteiger partial charge >= 0.3 is 0 Å². The first kappa shape index (κ1) is 11.9. The molecular weight excluding hydrogens is 228 g/mol. The minimum absolute atomic E-state index is 0.220. The summed E-state index contributed by atoms with van der Waals surface area (Å²) < 4.78 is 5.33. The minimum Gasteiger partial charge on any atom is -0.422 e. The molecule has 0 fully saturated rings. The third-order valence-electron chi connectivity index (χ3n) is 2.26. The Morgan fingerprint density at radius 1 is 1.44 bits per heavy atom. The average Bonchev–Trinajstić information content (AvgIpc) is 2.82. The SMILES string of the molecule is CCc1nc(C#N)c(N/N=C/c2ccccc2)o1. The fourth-order valence-electron chi connectivity index (χ4n) is 1.37. The van der Waals surface area contributed by atoms with Crippen LogP contribution in [0.5, 0.6) is 0 Å². The van der Waals surface area contributed by atoms with Gasteiger partial charge in [0.2, 0.25) is 5.69 Å². The van der Waals surface area contributed by atoms with Gasteiger partial charge in [0.05, 0.1) is 6.21 Å². The molecular formula is C13H12N4O. The van der Waals surface area contributed by atoms with E-state index in [4.69, 9.17) is 9.68 Å². The molecule has 1 N–H and O–H groups in total. The van der Waals surface area contributed by atoms with Crippen molar-refractivity contribution >= 4 is 12.1 Å². The third kappa shape index (κ3) is 2.74. The zero-order valence-electron chi connectivity index (χ0n) is 9.92. The highest BCUT2D eigenvalue weighted by Crippen LogP contribution is 2.16. The van der Waals surface area contributed by atoms with E-state index in [0.717, 1.165) is 5.56 Å². The van der Waals surface area contributed by atoms with Gasteiger partial charge in [-0.15, -0.1) is 0 Å². The van der Waals surface area contributed by atoms with Crippen molar-refractivity contribution in [2.24, 2.45) is 5.10 Å². The fraction of sp³-hybridized carbons (Fsp3) is 0.154. The lowest BCUT2D eigenvalue weighted by atomic mass is 10.2. The Hall–Kier alpha value is -2.61. The minimum atomic E-state index is 0.220. The first-order valence-corrected chi connectivity index (χ1v) is 5.57. The molecule has 1 heterocycles. The van der Waals surface area contributed by atoms with Gasteiger partial charge in [0.25, 0.3) is 5.88 Å². The zero-order valence-corrected chi connectivity index (χ0v) is 9.92. The van der Waals surface area contributed by atoms with Gasteiger partial charge in [-0.2, -0.15) is 10.4 Å². The zero-order chi connectivity index (χ0) is 12.8. The van der Waals surface area contributed by atoms with E-state index in [1.165, 1.54) is 0 Å². The summed E-state index contributed by atoms with van der Waals surface area (Å²) in [7, 11) is 0. The first-order chi connectivity index (χ1) is 8.83. The highest BCUT2D eigenvalue weighted by Gasteiger charge is 2.10. The molecule has 0 radical (unpaired) electrons. The predicted molar refractivity (Wildman–Crippen MR) is 68.3 cm³/mol. The van der Waals surface area contributed by atoms with Crippen LogP contribution in [0.3, 0.4) is 0 Å². The number of oxazole rings is 1. The number of nitrogens with zero attached hydrogens (tertiary/aromatic N) is 3. The fourth-order valence-corrected chi connectivity index (χ4v) is 1.37. The lowest BCUT2D eigenvalue weighted by Gasteiger charge is -1.94. The molecule has 0 saturated carbocycles. The molecule has 0 unspecified atom stereocenters. The van der Waals surface area contributed by atoms with Crippen LogP contribution in [0.25, 0.3) is 0 Å². The lowest BCUT2D eigenvalue weighted by Crippen LogP contribution is -1.91. The van der Waals surface area contributed by atoms with Crippen molar-refractivity contribution in [1.82, 2.24) is 4.98 Å². The smallest absolute Gasteiger partial charge is 0.252 e. The van der Waals surface area contributed by atoms with Crippen molar-refractivity contribution in [1.29, 1.82) is 5.26 Å². The topological polar surface area (TPSA) is 74.2 Å². The molecule has 0 aliphatic heterocycles. The van der Waals surface area contributed by atoms with Crippen molar-refractivity contribution in [3.8, 4) is 6.07 Å². The number of aromatic nitrogens is 1. The monoisotopic (exact) mass is 240 g/mol. The quantitative estimate of drug-likeness (QED) is 0.658. The van der Waals surface area contributed by atoms with Crippen LogP contribution in [0.15, 0.2) is 39.9 Å². The molecule has 0 aliphatic rings. The van der Waals surface area contributed by atoms with E-state index in [1.54, 1.807) is 6.21 Å². The van der Waals surface area contributed by atoms with Gasteiger partial charge in [-0.3, -0.25) is 0 Å². The molecule has 2 aromatic rings. The maximum atomic E-state index is 8.88. The van der Waals surface area contributed by atoms with Crippen LogP contribution in [-0.4, -0.2) is 11.2 Å². The molecule has 0 aliphatic carbocycles. The molecule has 0 bridgehead atoms. The molecule has 5 nitrogen and oxygen atoms in total. The van der Waals surface area contributed by atoms with Crippen molar-refractivity contribution in [3.63, 3.8) is 0 Å². The second-order valence-corrected chi connectivity index (χ2v) is 3.53. The van der Waals surface area contributed by atoms with Gasteiger partial charge in [-0.1, -0.05) is 37.3 Å². The van der Waals surface area contributed by atoms with E-state index in [2.05, 4.69) is 15.5 Å². The summed E-state index contributed by atoms with van der Waals surface area (Å²) in [6, 6.07) is 11.6. The van der Waals surface area contributed by atoms with Crippen LogP contribution >= 0.6 is 0 Å². The molecule has 18 heavy (non-hydrogen) atoms. The predicted octanol–water partition coefficient (Wildman–Crippen LogP) is 2.55. The number of aryl methyl sites for hydroxylation is 1. The van der Waals surface area contributed by atoms with E-state index >= 15 is 0 Å². The van der Waals surface area contributed by atoms with Gasteiger partial charge in [0, 0.05) is 6.42 Å². The van der Waals surface area contributed by atoms with Gasteiger partial charge in [0.15, 0.2) is 5.89 Å². The van der Waals surface area contributed by atoms with Crippen molar-refractivity contribution in [2.75, 3.05) is 5.43 Å². The number of anilines is 1. The van der Waals surface area contributed by atoms with Crippen LogP contribution in [0.1, 0.15) is 24.1 Å². The number of hydrogen-bond donors (Lipinski definition) is 1. The molecule has 2 rings (SSSR count). The standard InChI is InChI=1S/C13H12N4O/c1-2-12-16-11(8-14)13(18-12)17-15-9-10-6-4-3-5-7-10/h3-7,9,17H,2H2,1H3/b15-9+. The molecule has 0 amide bonds. The lowest BCUT2D eigenvalue weighted by molar-refractivity contribution is 0.513. The molecule has 0 saturated heterocycles.